The Kier molecular flexibility index (Phi) is 4.38. The predicted molar refractivity (Wildman–Crippen MR) is 93.8 cm³/mol. The van der Waals surface area contributed by atoms with Crippen molar-refractivity contribution in [1.29, 1.82) is 0 Å². The zero-order valence-corrected chi connectivity index (χ0v) is 15.6. The average Bonchev–Trinajstić information content (AvgIpc) is 3.24. The van der Waals surface area contributed by atoms with Gasteiger partial charge in [-0.2, -0.15) is 0 Å². The minimum Gasteiger partial charge on any atom is -0.497 e. The molecule has 1 aromatic rings. The number of carbonyl (C=O) groups excluding carboxylic acids is 3. The number of esters is 2. The molecule has 0 unspecified atom stereocenters. The van der Waals surface area contributed by atoms with Crippen LogP contribution in [0, 0.1) is 23.7 Å². The maximum absolute atomic E-state index is 12.5. The normalized spacial score (nSPS) is 33.7. The number of ether oxygens (including phenoxy) is 3. The number of alkyl halides is 1. The third-order valence-electron chi connectivity index (χ3n) is 5.49. The van der Waals surface area contributed by atoms with Crippen molar-refractivity contribution in [3.05, 3.63) is 24.3 Å². The number of methoxy groups -OCH3 is 1. The Balaban J connectivity index is 1.35. The molecular weight excluding hydrogens is 406 g/mol. The molecule has 138 valence electrons. The van der Waals surface area contributed by atoms with Crippen molar-refractivity contribution in [2.45, 2.75) is 17.4 Å². The lowest BCUT2D eigenvalue weighted by Gasteiger charge is -2.26. The molecule has 1 aliphatic heterocycles. The van der Waals surface area contributed by atoms with Gasteiger partial charge in [0.1, 0.15) is 11.9 Å². The summed E-state index contributed by atoms with van der Waals surface area (Å²) in [7, 11) is 1.54. The van der Waals surface area contributed by atoms with Crippen LogP contribution in [-0.4, -0.2) is 42.5 Å². The largest absolute Gasteiger partial charge is 0.497 e. The third kappa shape index (κ3) is 2.76. The molecule has 4 rings (SSSR count). The van der Waals surface area contributed by atoms with Gasteiger partial charge in [-0.1, -0.05) is 22.0 Å². The second kappa shape index (κ2) is 6.57. The molecule has 1 saturated heterocycles. The van der Waals surface area contributed by atoms with Crippen molar-refractivity contribution >= 4 is 39.5 Å². The van der Waals surface area contributed by atoms with Crippen molar-refractivity contribution in [2.24, 2.45) is 23.7 Å². The van der Waals surface area contributed by atoms with E-state index in [1.807, 2.05) is 0 Å². The van der Waals surface area contributed by atoms with Crippen molar-refractivity contribution in [1.82, 2.24) is 0 Å². The van der Waals surface area contributed by atoms with E-state index >= 15 is 0 Å². The van der Waals surface area contributed by atoms with Gasteiger partial charge in [0.25, 0.3) is 5.91 Å². The summed E-state index contributed by atoms with van der Waals surface area (Å²) in [6, 6.07) is 6.88. The van der Waals surface area contributed by atoms with E-state index in [1.165, 1.54) is 7.11 Å². The number of halogens is 1. The lowest BCUT2D eigenvalue weighted by atomic mass is 9.80. The number of benzene rings is 1. The smallest absolute Gasteiger partial charge is 0.310 e. The number of amides is 1. The van der Waals surface area contributed by atoms with Gasteiger partial charge in [-0.25, -0.2) is 0 Å². The van der Waals surface area contributed by atoms with Gasteiger partial charge in [0, 0.05) is 17.7 Å². The van der Waals surface area contributed by atoms with Crippen LogP contribution in [-0.2, 0) is 23.9 Å². The lowest BCUT2D eigenvalue weighted by molar-refractivity contribution is -0.157. The molecule has 8 heteroatoms. The Morgan fingerprint density at radius 3 is 2.92 bits per heavy atom. The molecule has 1 N–H and O–H groups in total. The SMILES string of the molecule is COc1cccc(NC(=O)COC(=O)[C@@H]2[C@H]3C[C@H]4[C@H](OC(=O)[C@@H]42)[C@@H]3Br)c1. The summed E-state index contributed by atoms with van der Waals surface area (Å²) in [5.74, 6) is -1.57. The van der Waals surface area contributed by atoms with Crippen LogP contribution in [0.25, 0.3) is 0 Å². The van der Waals surface area contributed by atoms with Crippen LogP contribution in [0.15, 0.2) is 24.3 Å². The van der Waals surface area contributed by atoms with Gasteiger partial charge < -0.3 is 19.5 Å². The molecule has 0 radical (unpaired) electrons. The van der Waals surface area contributed by atoms with Gasteiger partial charge in [-0.05, 0) is 24.5 Å². The van der Waals surface area contributed by atoms with Crippen LogP contribution in [0.5, 0.6) is 5.75 Å². The van der Waals surface area contributed by atoms with E-state index in [0.29, 0.717) is 11.4 Å². The third-order valence-corrected chi connectivity index (χ3v) is 6.69. The Morgan fingerprint density at radius 1 is 1.35 bits per heavy atom. The molecule has 3 fully saturated rings. The number of hydrogen-bond donors (Lipinski definition) is 1. The number of anilines is 1. The molecule has 2 saturated carbocycles. The van der Waals surface area contributed by atoms with Crippen molar-refractivity contribution in [3.63, 3.8) is 0 Å². The van der Waals surface area contributed by atoms with Crippen LogP contribution >= 0.6 is 15.9 Å². The van der Waals surface area contributed by atoms with Gasteiger partial charge in [-0.15, -0.1) is 0 Å². The Labute approximate surface area is 158 Å². The molecule has 2 aliphatic carbocycles. The second-order valence-electron chi connectivity index (χ2n) is 6.85. The summed E-state index contributed by atoms with van der Waals surface area (Å²) in [5.41, 5.74) is 0.549. The Hall–Kier alpha value is -2.09. The van der Waals surface area contributed by atoms with Crippen molar-refractivity contribution < 1.29 is 28.6 Å². The fraction of sp³-hybridized carbons (Fsp3) is 0.500. The summed E-state index contributed by atoms with van der Waals surface area (Å²) in [4.78, 5) is 36.6. The summed E-state index contributed by atoms with van der Waals surface area (Å²) < 4.78 is 15.7. The molecule has 1 aromatic carbocycles. The maximum atomic E-state index is 12.5. The van der Waals surface area contributed by atoms with Crippen LogP contribution in [0.2, 0.25) is 0 Å². The van der Waals surface area contributed by atoms with Crippen molar-refractivity contribution in [2.75, 3.05) is 19.0 Å². The van der Waals surface area contributed by atoms with Gasteiger partial charge in [0.15, 0.2) is 6.61 Å². The van der Waals surface area contributed by atoms with Crippen LogP contribution < -0.4 is 10.1 Å². The van der Waals surface area contributed by atoms with E-state index in [-0.39, 0.29) is 28.7 Å². The first-order valence-corrected chi connectivity index (χ1v) is 9.36. The topological polar surface area (TPSA) is 90.9 Å². The number of rotatable bonds is 5. The quantitative estimate of drug-likeness (QED) is 0.572. The highest BCUT2D eigenvalue weighted by Crippen LogP contribution is 2.60. The molecule has 26 heavy (non-hydrogen) atoms. The minimum absolute atomic E-state index is 0.00963. The van der Waals surface area contributed by atoms with E-state index in [2.05, 4.69) is 21.2 Å². The average molecular weight is 424 g/mol. The second-order valence-corrected chi connectivity index (χ2v) is 7.91. The van der Waals surface area contributed by atoms with Crippen molar-refractivity contribution in [3.8, 4) is 5.75 Å². The van der Waals surface area contributed by atoms with Gasteiger partial charge in [0.2, 0.25) is 0 Å². The zero-order chi connectivity index (χ0) is 18.4. The van der Waals surface area contributed by atoms with Crippen LogP contribution in [0.1, 0.15) is 6.42 Å². The summed E-state index contributed by atoms with van der Waals surface area (Å²) >= 11 is 3.55. The standard InChI is InChI=1S/C18H18BrNO6/c1-24-9-4-2-3-8(5-9)20-12(21)7-25-17(22)13-10-6-11-14(13)18(23)26-16(11)15(10)19/h2-5,10-11,13-16H,6-7H2,1H3,(H,20,21)/t10-,11-,13-,14+,15-,16+/m1/s1. The number of carbonyl (C=O) groups is 3. The van der Waals surface area contributed by atoms with Crippen LogP contribution in [0.3, 0.4) is 0 Å². The van der Waals surface area contributed by atoms with Gasteiger partial charge in [0.05, 0.1) is 23.8 Å². The van der Waals surface area contributed by atoms with E-state index in [4.69, 9.17) is 14.2 Å². The van der Waals surface area contributed by atoms with E-state index in [1.54, 1.807) is 24.3 Å². The van der Waals surface area contributed by atoms with E-state index in [0.717, 1.165) is 6.42 Å². The minimum atomic E-state index is -0.541. The molecule has 1 heterocycles. The van der Waals surface area contributed by atoms with Gasteiger partial charge >= 0.3 is 11.9 Å². The van der Waals surface area contributed by atoms with E-state index in [9.17, 15) is 14.4 Å². The highest BCUT2D eigenvalue weighted by atomic mass is 79.9. The first kappa shape index (κ1) is 17.3. The highest BCUT2D eigenvalue weighted by Gasteiger charge is 2.68. The zero-order valence-electron chi connectivity index (χ0n) is 14.0. The molecule has 0 spiro atoms. The van der Waals surface area contributed by atoms with Crippen LogP contribution in [0.4, 0.5) is 5.69 Å². The highest BCUT2D eigenvalue weighted by molar-refractivity contribution is 9.09. The molecule has 6 atom stereocenters. The fourth-order valence-electron chi connectivity index (χ4n) is 4.43. The maximum Gasteiger partial charge on any atom is 0.310 e. The number of fused-ring (bicyclic) bond motifs is 1. The number of hydrogen-bond acceptors (Lipinski definition) is 6. The molecule has 0 aromatic heterocycles. The Bertz CT molecular complexity index is 768. The lowest BCUT2D eigenvalue weighted by Crippen LogP contribution is -2.39. The molecule has 2 bridgehead atoms. The summed E-state index contributed by atoms with van der Waals surface area (Å²) in [6.07, 6.45) is 0.630. The fourth-order valence-corrected chi connectivity index (χ4v) is 5.47. The molecule has 3 aliphatic rings. The van der Waals surface area contributed by atoms with Gasteiger partial charge in [-0.3, -0.25) is 14.4 Å². The monoisotopic (exact) mass is 423 g/mol. The summed E-state index contributed by atoms with van der Waals surface area (Å²) in [5, 5.41) is 2.65. The summed E-state index contributed by atoms with van der Waals surface area (Å²) in [6.45, 7) is -0.401. The predicted octanol–water partition coefficient (Wildman–Crippen LogP) is 1.75. The number of nitrogens with one attached hydrogen (secondary N) is 1. The van der Waals surface area contributed by atoms with E-state index < -0.39 is 30.3 Å². The first-order chi connectivity index (χ1) is 12.5. The molecular formula is C18H18BrNO6. The molecule has 1 amide bonds. The molecule has 7 nitrogen and oxygen atoms in total. The first-order valence-electron chi connectivity index (χ1n) is 8.44. The Morgan fingerprint density at radius 2 is 2.15 bits per heavy atom.